The maximum absolute atomic E-state index is 12.8. The van der Waals surface area contributed by atoms with Gasteiger partial charge in [0, 0.05) is 13.1 Å². The molecule has 1 saturated heterocycles. The average Bonchev–Trinajstić information content (AvgIpc) is 3.25. The van der Waals surface area contributed by atoms with Gasteiger partial charge in [-0.25, -0.2) is 4.98 Å². The summed E-state index contributed by atoms with van der Waals surface area (Å²) in [4.78, 5) is 19.4. The number of aromatic nitrogens is 2. The molecule has 1 unspecified atom stereocenters. The second-order valence-electron chi connectivity index (χ2n) is 6.94. The number of likely N-dealkylation sites (tertiary alicyclic amines) is 1. The van der Waals surface area contributed by atoms with Crippen molar-refractivity contribution in [2.75, 3.05) is 13.1 Å². The van der Waals surface area contributed by atoms with Crippen LogP contribution in [0.1, 0.15) is 19.2 Å². The molecule has 5 heteroatoms. The minimum Gasteiger partial charge on any atom is -0.486 e. The zero-order valence-corrected chi connectivity index (χ0v) is 15.0. The smallest absolute Gasteiger partial charge is 0.242 e. The van der Waals surface area contributed by atoms with Crippen LogP contribution in [0.25, 0.3) is 11.0 Å². The third-order valence-corrected chi connectivity index (χ3v) is 4.91. The zero-order valence-electron chi connectivity index (χ0n) is 15.0. The lowest BCUT2D eigenvalue weighted by atomic mass is 10.2. The second-order valence-corrected chi connectivity index (χ2v) is 6.94. The Hall–Kier alpha value is -2.82. The number of ether oxygens (including phenoxy) is 1. The first-order valence-electron chi connectivity index (χ1n) is 9.10. The Morgan fingerprint density at radius 1 is 1.15 bits per heavy atom. The van der Waals surface area contributed by atoms with Gasteiger partial charge in [0.2, 0.25) is 5.91 Å². The van der Waals surface area contributed by atoms with Gasteiger partial charge < -0.3 is 14.2 Å². The van der Waals surface area contributed by atoms with Crippen molar-refractivity contribution in [1.29, 1.82) is 0 Å². The fourth-order valence-electron chi connectivity index (χ4n) is 3.47. The fourth-order valence-corrected chi connectivity index (χ4v) is 3.47. The molecule has 2 heterocycles. The first kappa shape index (κ1) is 16.6. The first-order chi connectivity index (χ1) is 12.7. The van der Waals surface area contributed by atoms with E-state index >= 15 is 0 Å². The normalized spacial score (nSPS) is 17.0. The molecule has 1 atom stereocenters. The van der Waals surface area contributed by atoms with Gasteiger partial charge >= 0.3 is 0 Å². The summed E-state index contributed by atoms with van der Waals surface area (Å²) >= 11 is 0. The second kappa shape index (κ2) is 7.20. The van der Waals surface area contributed by atoms with Crippen molar-refractivity contribution in [2.24, 2.45) is 5.92 Å². The predicted molar refractivity (Wildman–Crippen MR) is 101 cm³/mol. The van der Waals surface area contributed by atoms with Crippen LogP contribution in [-0.4, -0.2) is 33.4 Å². The van der Waals surface area contributed by atoms with E-state index in [0.29, 0.717) is 19.1 Å². The molecular formula is C21H23N3O2. The van der Waals surface area contributed by atoms with E-state index in [-0.39, 0.29) is 5.91 Å². The van der Waals surface area contributed by atoms with Crippen LogP contribution in [0, 0.1) is 5.92 Å². The molecular weight excluding hydrogens is 326 g/mol. The molecule has 4 rings (SSSR count). The lowest BCUT2D eigenvalue weighted by Crippen LogP contribution is -2.32. The summed E-state index contributed by atoms with van der Waals surface area (Å²) in [5, 5.41) is 0. The van der Waals surface area contributed by atoms with Crippen molar-refractivity contribution in [3.8, 4) is 5.75 Å². The summed E-state index contributed by atoms with van der Waals surface area (Å²) < 4.78 is 7.87. The quantitative estimate of drug-likeness (QED) is 0.708. The van der Waals surface area contributed by atoms with Crippen molar-refractivity contribution in [2.45, 2.75) is 26.5 Å². The van der Waals surface area contributed by atoms with E-state index in [0.717, 1.165) is 42.1 Å². The highest BCUT2D eigenvalue weighted by atomic mass is 16.5. The molecule has 5 nitrogen and oxygen atoms in total. The Morgan fingerprint density at radius 3 is 2.69 bits per heavy atom. The molecule has 0 aliphatic carbocycles. The molecule has 3 aromatic rings. The Morgan fingerprint density at radius 2 is 1.92 bits per heavy atom. The zero-order chi connectivity index (χ0) is 17.9. The summed E-state index contributed by atoms with van der Waals surface area (Å²) in [6.45, 7) is 4.53. The summed E-state index contributed by atoms with van der Waals surface area (Å²) in [6, 6.07) is 17.6. The van der Waals surface area contributed by atoms with Crippen LogP contribution in [0.4, 0.5) is 0 Å². The number of amides is 1. The molecule has 1 aromatic heterocycles. The number of imidazole rings is 1. The number of fused-ring (bicyclic) bond motifs is 1. The molecule has 1 aliphatic heterocycles. The molecule has 2 aromatic carbocycles. The number of hydrogen-bond acceptors (Lipinski definition) is 3. The van der Waals surface area contributed by atoms with Crippen molar-refractivity contribution in [3.63, 3.8) is 0 Å². The average molecular weight is 349 g/mol. The van der Waals surface area contributed by atoms with Crippen LogP contribution in [0.3, 0.4) is 0 Å². The molecule has 1 aliphatic rings. The molecule has 0 bridgehead atoms. The molecule has 0 N–H and O–H groups in total. The van der Waals surface area contributed by atoms with Crippen LogP contribution < -0.4 is 4.74 Å². The number of rotatable bonds is 5. The third kappa shape index (κ3) is 3.43. The number of para-hydroxylation sites is 3. The van der Waals surface area contributed by atoms with E-state index in [1.165, 1.54) is 0 Å². The highest BCUT2D eigenvalue weighted by Crippen LogP contribution is 2.20. The van der Waals surface area contributed by atoms with Crippen molar-refractivity contribution >= 4 is 16.9 Å². The molecule has 1 fully saturated rings. The van der Waals surface area contributed by atoms with Gasteiger partial charge in [0.15, 0.2) is 0 Å². The number of carbonyl (C=O) groups is 1. The Labute approximate surface area is 153 Å². The number of carbonyl (C=O) groups excluding carboxylic acids is 1. The van der Waals surface area contributed by atoms with E-state index < -0.39 is 0 Å². The molecule has 0 saturated carbocycles. The highest BCUT2D eigenvalue weighted by molar-refractivity contribution is 5.81. The predicted octanol–water partition coefficient (Wildman–Crippen LogP) is 3.48. The number of benzene rings is 2. The minimum atomic E-state index is 0.151. The van der Waals surface area contributed by atoms with Gasteiger partial charge in [-0.15, -0.1) is 0 Å². The Balaban J connectivity index is 1.58. The van der Waals surface area contributed by atoms with Gasteiger partial charge in [0.1, 0.15) is 24.7 Å². The standard InChI is InChI=1S/C21H23N3O2/c1-16-11-12-23(13-16)21(25)14-24-19-10-6-5-9-18(19)22-20(24)15-26-17-7-3-2-4-8-17/h2-10,16H,11-15H2,1H3. The number of nitrogens with zero attached hydrogens (tertiary/aromatic N) is 3. The SMILES string of the molecule is CC1CCN(C(=O)Cn2c(COc3ccccc3)nc3ccccc32)C1. The fraction of sp³-hybridized carbons (Fsp3) is 0.333. The molecule has 0 radical (unpaired) electrons. The van der Waals surface area contributed by atoms with Gasteiger partial charge in [-0.2, -0.15) is 0 Å². The summed E-state index contributed by atoms with van der Waals surface area (Å²) in [5.41, 5.74) is 1.86. The van der Waals surface area contributed by atoms with Gasteiger partial charge in [-0.1, -0.05) is 37.3 Å². The molecule has 134 valence electrons. The summed E-state index contributed by atoms with van der Waals surface area (Å²) in [6.07, 6.45) is 1.08. The van der Waals surface area contributed by atoms with Crippen LogP contribution in [0.15, 0.2) is 54.6 Å². The maximum atomic E-state index is 12.8. The van der Waals surface area contributed by atoms with Crippen molar-refractivity contribution < 1.29 is 9.53 Å². The number of hydrogen-bond donors (Lipinski definition) is 0. The van der Waals surface area contributed by atoms with Gasteiger partial charge in [0.25, 0.3) is 0 Å². The molecule has 1 amide bonds. The Kier molecular flexibility index (Phi) is 4.61. The van der Waals surface area contributed by atoms with Gasteiger partial charge in [-0.3, -0.25) is 4.79 Å². The van der Waals surface area contributed by atoms with Crippen LogP contribution >= 0.6 is 0 Å². The maximum Gasteiger partial charge on any atom is 0.242 e. The van der Waals surface area contributed by atoms with E-state index in [1.54, 1.807) is 0 Å². The van der Waals surface area contributed by atoms with E-state index in [2.05, 4.69) is 11.9 Å². The Bertz CT molecular complexity index is 904. The summed E-state index contributed by atoms with van der Waals surface area (Å²) in [7, 11) is 0. The van der Waals surface area contributed by atoms with Gasteiger partial charge in [-0.05, 0) is 36.6 Å². The van der Waals surface area contributed by atoms with Crippen LogP contribution in [0.2, 0.25) is 0 Å². The lowest BCUT2D eigenvalue weighted by Gasteiger charge is -2.17. The van der Waals surface area contributed by atoms with Gasteiger partial charge in [0.05, 0.1) is 11.0 Å². The highest BCUT2D eigenvalue weighted by Gasteiger charge is 2.24. The topological polar surface area (TPSA) is 47.4 Å². The lowest BCUT2D eigenvalue weighted by molar-refractivity contribution is -0.130. The van der Waals surface area contributed by atoms with Crippen molar-refractivity contribution in [3.05, 3.63) is 60.4 Å². The van der Waals surface area contributed by atoms with Crippen LogP contribution in [-0.2, 0) is 17.9 Å². The summed E-state index contributed by atoms with van der Waals surface area (Å²) in [5.74, 6) is 2.30. The first-order valence-corrected chi connectivity index (χ1v) is 9.10. The van der Waals surface area contributed by atoms with E-state index in [1.807, 2.05) is 64.1 Å². The van der Waals surface area contributed by atoms with E-state index in [9.17, 15) is 4.79 Å². The molecule has 0 spiro atoms. The van der Waals surface area contributed by atoms with Crippen LogP contribution in [0.5, 0.6) is 5.75 Å². The third-order valence-electron chi connectivity index (χ3n) is 4.91. The van der Waals surface area contributed by atoms with Crippen molar-refractivity contribution in [1.82, 2.24) is 14.5 Å². The minimum absolute atomic E-state index is 0.151. The largest absolute Gasteiger partial charge is 0.486 e. The monoisotopic (exact) mass is 349 g/mol. The molecule has 26 heavy (non-hydrogen) atoms. The van der Waals surface area contributed by atoms with E-state index in [4.69, 9.17) is 4.74 Å².